The minimum absolute atomic E-state index is 0.150. The molecule has 3 rings (SSSR count). The number of aryl methyl sites for hydroxylation is 3. The van der Waals surface area contributed by atoms with Crippen LogP contribution in [0, 0.1) is 13.8 Å². The first-order chi connectivity index (χ1) is 14.9. The number of hydrogen-bond acceptors (Lipinski definition) is 6. The van der Waals surface area contributed by atoms with Crippen LogP contribution in [0.5, 0.6) is 0 Å². The van der Waals surface area contributed by atoms with Crippen molar-refractivity contribution in [3.63, 3.8) is 0 Å². The standard InChI is InChI=1S/C23H29N5O3/c1-16-14-21(29)22(23(30)24-15-19-17(2)25-31-26-19)20(28(16)13-12-27(3)4)11-10-18-8-6-5-7-9-18/h5-9,14H,10-13,15H2,1-4H3,(H,24,30). The van der Waals surface area contributed by atoms with Crippen molar-refractivity contribution in [3.8, 4) is 0 Å². The predicted molar refractivity (Wildman–Crippen MR) is 118 cm³/mol. The molecule has 0 unspecified atom stereocenters. The number of aromatic nitrogens is 3. The molecule has 0 aliphatic rings. The number of amides is 1. The number of nitrogens with one attached hydrogen (secondary N) is 1. The van der Waals surface area contributed by atoms with Gasteiger partial charge in [-0.25, -0.2) is 4.63 Å². The highest BCUT2D eigenvalue weighted by molar-refractivity contribution is 5.95. The molecule has 0 bridgehead atoms. The van der Waals surface area contributed by atoms with Gasteiger partial charge in [-0.05, 0) is 46.3 Å². The molecule has 0 atom stereocenters. The van der Waals surface area contributed by atoms with Gasteiger partial charge in [0.05, 0.1) is 6.54 Å². The fraction of sp³-hybridized carbons (Fsp3) is 0.391. The first-order valence-corrected chi connectivity index (χ1v) is 10.3. The molecule has 2 heterocycles. The van der Waals surface area contributed by atoms with E-state index in [9.17, 15) is 9.59 Å². The highest BCUT2D eigenvalue weighted by atomic mass is 16.6. The van der Waals surface area contributed by atoms with Gasteiger partial charge in [0.15, 0.2) is 5.43 Å². The molecule has 0 saturated heterocycles. The summed E-state index contributed by atoms with van der Waals surface area (Å²) in [5.41, 5.74) is 3.83. The van der Waals surface area contributed by atoms with Crippen molar-refractivity contribution in [1.29, 1.82) is 0 Å². The van der Waals surface area contributed by atoms with Gasteiger partial charge in [0.1, 0.15) is 17.0 Å². The molecule has 0 aliphatic carbocycles. The second kappa shape index (κ2) is 10.2. The van der Waals surface area contributed by atoms with E-state index in [2.05, 4.69) is 41.9 Å². The molecule has 0 spiro atoms. The molecular formula is C23H29N5O3. The Kier molecular flexibility index (Phi) is 7.36. The second-order valence-corrected chi connectivity index (χ2v) is 7.89. The molecule has 0 fully saturated rings. The first-order valence-electron chi connectivity index (χ1n) is 10.3. The monoisotopic (exact) mass is 423 g/mol. The summed E-state index contributed by atoms with van der Waals surface area (Å²) in [5.74, 6) is -0.408. The van der Waals surface area contributed by atoms with Gasteiger partial charge < -0.3 is 14.8 Å². The topological polar surface area (TPSA) is 93.3 Å². The van der Waals surface area contributed by atoms with Gasteiger partial charge in [0.2, 0.25) is 0 Å². The predicted octanol–water partition coefficient (Wildman–Crippen LogP) is 2.12. The van der Waals surface area contributed by atoms with Crippen molar-refractivity contribution >= 4 is 5.91 Å². The number of hydrogen-bond donors (Lipinski definition) is 1. The highest BCUT2D eigenvalue weighted by Crippen LogP contribution is 2.14. The lowest BCUT2D eigenvalue weighted by Crippen LogP contribution is -2.34. The molecule has 2 aromatic heterocycles. The van der Waals surface area contributed by atoms with Crippen LogP contribution in [0.2, 0.25) is 0 Å². The van der Waals surface area contributed by atoms with Crippen molar-refractivity contribution < 1.29 is 9.42 Å². The second-order valence-electron chi connectivity index (χ2n) is 7.89. The van der Waals surface area contributed by atoms with Gasteiger partial charge in [-0.1, -0.05) is 40.6 Å². The van der Waals surface area contributed by atoms with Crippen LogP contribution in [-0.2, 0) is 25.9 Å². The summed E-state index contributed by atoms with van der Waals surface area (Å²) < 4.78 is 6.77. The number of rotatable bonds is 9. The summed E-state index contributed by atoms with van der Waals surface area (Å²) >= 11 is 0. The lowest BCUT2D eigenvalue weighted by molar-refractivity contribution is 0.0946. The van der Waals surface area contributed by atoms with Crippen LogP contribution in [0.15, 0.2) is 45.8 Å². The van der Waals surface area contributed by atoms with E-state index in [-0.39, 0.29) is 17.5 Å². The van der Waals surface area contributed by atoms with Crippen LogP contribution in [0.4, 0.5) is 0 Å². The molecule has 1 N–H and O–H groups in total. The summed E-state index contributed by atoms with van der Waals surface area (Å²) in [6.07, 6.45) is 1.32. The number of pyridine rings is 1. The Labute approximate surface area is 181 Å². The van der Waals surface area contributed by atoms with Gasteiger partial charge in [-0.2, -0.15) is 0 Å². The quantitative estimate of drug-likeness (QED) is 0.567. The Morgan fingerprint density at radius 1 is 1.13 bits per heavy atom. The lowest BCUT2D eigenvalue weighted by Gasteiger charge is -2.21. The van der Waals surface area contributed by atoms with Gasteiger partial charge in [0, 0.05) is 30.5 Å². The molecule has 3 aromatic rings. The Morgan fingerprint density at radius 2 is 1.87 bits per heavy atom. The van der Waals surface area contributed by atoms with Crippen molar-refractivity contribution in [2.24, 2.45) is 0 Å². The zero-order chi connectivity index (χ0) is 22.4. The number of carbonyl (C=O) groups excluding carboxylic acids is 1. The average Bonchev–Trinajstić information content (AvgIpc) is 3.15. The Bertz CT molecular complexity index is 1090. The maximum Gasteiger partial charge on any atom is 0.257 e. The van der Waals surface area contributed by atoms with E-state index < -0.39 is 5.91 Å². The molecule has 0 saturated carbocycles. The maximum atomic E-state index is 13.1. The van der Waals surface area contributed by atoms with Gasteiger partial charge in [-0.15, -0.1) is 0 Å². The van der Waals surface area contributed by atoms with E-state index in [1.54, 1.807) is 13.0 Å². The first kappa shape index (κ1) is 22.4. The van der Waals surface area contributed by atoms with Gasteiger partial charge >= 0.3 is 0 Å². The Hall–Kier alpha value is -3.26. The molecule has 164 valence electrons. The molecule has 0 aliphatic heterocycles. The Morgan fingerprint density at radius 3 is 2.52 bits per heavy atom. The summed E-state index contributed by atoms with van der Waals surface area (Å²) in [4.78, 5) is 28.1. The number of likely N-dealkylation sites (N-methyl/N-ethyl adjacent to an activating group) is 1. The molecule has 1 amide bonds. The van der Waals surface area contributed by atoms with Crippen LogP contribution < -0.4 is 10.7 Å². The van der Waals surface area contributed by atoms with E-state index >= 15 is 0 Å². The van der Waals surface area contributed by atoms with Crippen LogP contribution in [-0.4, -0.2) is 46.3 Å². The van der Waals surface area contributed by atoms with E-state index in [1.165, 1.54) is 0 Å². The zero-order valence-electron chi connectivity index (χ0n) is 18.5. The summed E-state index contributed by atoms with van der Waals surface area (Å²) in [6.45, 7) is 5.30. The SMILES string of the molecule is Cc1nonc1CNC(=O)c1c(CCc2ccccc2)n(CCN(C)C)c(C)cc1=O. The Balaban J connectivity index is 1.94. The largest absolute Gasteiger partial charge is 0.347 e. The number of benzene rings is 1. The number of carbonyl (C=O) groups is 1. The van der Waals surface area contributed by atoms with Gasteiger partial charge in [0.25, 0.3) is 5.91 Å². The van der Waals surface area contributed by atoms with Crippen LogP contribution in [0.3, 0.4) is 0 Å². The van der Waals surface area contributed by atoms with E-state index in [1.807, 2.05) is 39.2 Å². The van der Waals surface area contributed by atoms with Crippen LogP contribution >= 0.6 is 0 Å². The number of nitrogens with zero attached hydrogens (tertiary/aromatic N) is 4. The average molecular weight is 424 g/mol. The molecule has 1 aromatic carbocycles. The molecular weight excluding hydrogens is 394 g/mol. The fourth-order valence-electron chi connectivity index (χ4n) is 3.51. The normalized spacial score (nSPS) is 11.1. The third kappa shape index (κ3) is 5.67. The molecule has 0 radical (unpaired) electrons. The van der Waals surface area contributed by atoms with Crippen LogP contribution in [0.1, 0.15) is 38.7 Å². The van der Waals surface area contributed by atoms with Crippen molar-refractivity contribution in [1.82, 2.24) is 25.1 Å². The minimum Gasteiger partial charge on any atom is -0.347 e. The van der Waals surface area contributed by atoms with E-state index in [4.69, 9.17) is 0 Å². The lowest BCUT2D eigenvalue weighted by atomic mass is 10.0. The molecule has 8 nitrogen and oxygen atoms in total. The van der Waals surface area contributed by atoms with Crippen molar-refractivity contribution in [3.05, 3.63) is 80.5 Å². The molecule has 31 heavy (non-hydrogen) atoms. The third-order valence-corrected chi connectivity index (χ3v) is 5.28. The van der Waals surface area contributed by atoms with E-state index in [0.29, 0.717) is 24.4 Å². The fourth-order valence-corrected chi connectivity index (χ4v) is 3.51. The molecule has 8 heteroatoms. The smallest absolute Gasteiger partial charge is 0.257 e. The van der Waals surface area contributed by atoms with Crippen molar-refractivity contribution in [2.75, 3.05) is 20.6 Å². The van der Waals surface area contributed by atoms with Gasteiger partial charge in [-0.3, -0.25) is 9.59 Å². The summed E-state index contributed by atoms with van der Waals surface area (Å²) in [6, 6.07) is 11.6. The minimum atomic E-state index is -0.408. The van der Waals surface area contributed by atoms with Crippen LogP contribution in [0.25, 0.3) is 0 Å². The summed E-state index contributed by atoms with van der Waals surface area (Å²) in [5, 5.41) is 10.3. The van der Waals surface area contributed by atoms with E-state index in [0.717, 1.165) is 29.9 Å². The maximum absolute atomic E-state index is 13.1. The highest BCUT2D eigenvalue weighted by Gasteiger charge is 2.21. The summed E-state index contributed by atoms with van der Waals surface area (Å²) in [7, 11) is 4.01. The third-order valence-electron chi connectivity index (χ3n) is 5.28. The van der Waals surface area contributed by atoms with Crippen molar-refractivity contribution in [2.45, 2.75) is 39.8 Å². The zero-order valence-corrected chi connectivity index (χ0v) is 18.5.